The van der Waals surface area contributed by atoms with E-state index in [1.54, 1.807) is 13.8 Å². The van der Waals surface area contributed by atoms with Crippen molar-refractivity contribution < 1.29 is 24.5 Å². The van der Waals surface area contributed by atoms with E-state index in [9.17, 15) is 19.8 Å². The summed E-state index contributed by atoms with van der Waals surface area (Å²) >= 11 is 0. The van der Waals surface area contributed by atoms with Crippen LogP contribution in [0.3, 0.4) is 0 Å². The average molecular weight is 391 g/mol. The van der Waals surface area contributed by atoms with Crippen LogP contribution in [0.25, 0.3) is 0 Å². The molecule has 5 nitrogen and oxygen atoms in total. The number of rotatable bonds is 2. The largest absolute Gasteiger partial charge is 0.457 e. The molecule has 2 saturated carbocycles. The number of aliphatic hydroxyl groups is 2. The van der Waals surface area contributed by atoms with Gasteiger partial charge in [-0.25, -0.2) is 0 Å². The van der Waals surface area contributed by atoms with Gasteiger partial charge in [0.25, 0.3) is 0 Å². The van der Waals surface area contributed by atoms with E-state index in [1.807, 2.05) is 13.0 Å². The minimum Gasteiger partial charge on any atom is -0.457 e. The molecule has 0 aromatic rings. The van der Waals surface area contributed by atoms with Gasteiger partial charge in [0, 0.05) is 6.42 Å². The highest BCUT2D eigenvalue weighted by atomic mass is 16.5. The van der Waals surface area contributed by atoms with Gasteiger partial charge in [0.05, 0.1) is 12.0 Å². The number of carbonyl (C=O) groups is 2. The van der Waals surface area contributed by atoms with Crippen molar-refractivity contribution in [2.24, 2.45) is 29.1 Å². The topological polar surface area (TPSA) is 83.8 Å². The van der Waals surface area contributed by atoms with Crippen molar-refractivity contribution in [2.45, 2.75) is 78.1 Å². The fraction of sp³-hybridized carbons (Fsp3) is 0.739. The first-order valence-electron chi connectivity index (χ1n) is 10.5. The lowest BCUT2D eigenvalue weighted by Crippen LogP contribution is -2.52. The Morgan fingerprint density at radius 1 is 1.39 bits per heavy atom. The Bertz CT molecular complexity index is 721. The number of hydrogen-bond donors (Lipinski definition) is 2. The van der Waals surface area contributed by atoms with Gasteiger partial charge in [0.15, 0.2) is 5.78 Å². The van der Waals surface area contributed by atoms with Gasteiger partial charge in [-0.1, -0.05) is 40.3 Å². The van der Waals surface area contributed by atoms with Crippen molar-refractivity contribution in [1.29, 1.82) is 0 Å². The number of Topliss-reactive ketones (excluding diaryl/α,β-unsaturated/α-hetero) is 1. The van der Waals surface area contributed by atoms with Crippen LogP contribution >= 0.6 is 0 Å². The Labute approximate surface area is 167 Å². The summed E-state index contributed by atoms with van der Waals surface area (Å²) in [5.41, 5.74) is -0.462. The van der Waals surface area contributed by atoms with Crippen molar-refractivity contribution in [3.05, 3.63) is 23.8 Å². The molecule has 0 aromatic carbocycles. The van der Waals surface area contributed by atoms with E-state index < -0.39 is 29.7 Å². The number of fused-ring (bicyclic) bond motifs is 2. The number of carbonyl (C=O) groups excluding carboxylic acids is 2. The maximum Gasteiger partial charge on any atom is 0.306 e. The summed E-state index contributed by atoms with van der Waals surface area (Å²) in [6.45, 7) is 13.8. The summed E-state index contributed by atoms with van der Waals surface area (Å²) in [4.78, 5) is 25.5. The van der Waals surface area contributed by atoms with E-state index in [2.05, 4.69) is 20.4 Å². The minimum atomic E-state index is -1.76. The van der Waals surface area contributed by atoms with Crippen molar-refractivity contribution in [1.82, 2.24) is 0 Å². The maximum absolute atomic E-state index is 13.4. The summed E-state index contributed by atoms with van der Waals surface area (Å²) in [7, 11) is 0. The highest BCUT2D eigenvalue weighted by molar-refractivity contribution is 6.02. The molecule has 5 heteroatoms. The van der Waals surface area contributed by atoms with Crippen LogP contribution < -0.4 is 0 Å². The molecule has 156 valence electrons. The Morgan fingerprint density at radius 2 is 2.04 bits per heavy atom. The molecule has 0 heterocycles. The molecule has 0 unspecified atom stereocenters. The summed E-state index contributed by atoms with van der Waals surface area (Å²) in [5.74, 6) is -1.26. The zero-order valence-corrected chi connectivity index (χ0v) is 17.7. The van der Waals surface area contributed by atoms with Gasteiger partial charge in [0.1, 0.15) is 11.7 Å². The molecule has 3 rings (SSSR count). The van der Waals surface area contributed by atoms with Crippen molar-refractivity contribution in [2.75, 3.05) is 0 Å². The molecular weight excluding hydrogens is 356 g/mol. The first-order valence-corrected chi connectivity index (χ1v) is 10.5. The highest BCUT2D eigenvalue weighted by Crippen LogP contribution is 2.62. The molecule has 3 aliphatic rings. The number of aliphatic hydroxyl groups excluding tert-OH is 1. The van der Waals surface area contributed by atoms with E-state index in [4.69, 9.17) is 4.74 Å². The van der Waals surface area contributed by atoms with Gasteiger partial charge in [-0.2, -0.15) is 0 Å². The molecule has 2 N–H and O–H groups in total. The molecule has 2 fully saturated rings. The smallest absolute Gasteiger partial charge is 0.306 e. The second-order valence-corrected chi connectivity index (χ2v) is 9.72. The fourth-order valence-electron chi connectivity index (χ4n) is 5.53. The number of allylic oxidation sites excluding steroid dienone is 1. The molecule has 28 heavy (non-hydrogen) atoms. The van der Waals surface area contributed by atoms with Crippen LogP contribution in [0.4, 0.5) is 0 Å². The molecule has 0 amide bonds. The second kappa shape index (κ2) is 7.10. The van der Waals surface area contributed by atoms with Crippen molar-refractivity contribution in [3.8, 4) is 0 Å². The fourth-order valence-corrected chi connectivity index (χ4v) is 5.53. The highest BCUT2D eigenvalue weighted by Gasteiger charge is 2.61. The number of hydrogen-bond acceptors (Lipinski definition) is 5. The van der Waals surface area contributed by atoms with Gasteiger partial charge in [-0.3, -0.25) is 9.59 Å². The van der Waals surface area contributed by atoms with Gasteiger partial charge in [0.2, 0.25) is 0 Å². The Kier molecular flexibility index (Phi) is 5.39. The lowest BCUT2D eigenvalue weighted by molar-refractivity contribution is -0.162. The summed E-state index contributed by atoms with van der Waals surface area (Å²) < 4.78 is 5.68. The molecule has 0 radical (unpaired) electrons. The van der Waals surface area contributed by atoms with Crippen LogP contribution in [-0.4, -0.2) is 39.8 Å². The predicted octanol–water partition coefficient (Wildman–Crippen LogP) is 3.19. The molecule has 0 aromatic heterocycles. The molecular formula is C23H34O5. The number of esters is 1. The van der Waals surface area contributed by atoms with Crippen LogP contribution in [0.5, 0.6) is 0 Å². The third kappa shape index (κ3) is 3.26. The quantitative estimate of drug-likeness (QED) is 0.559. The monoisotopic (exact) mass is 390 g/mol. The SMILES string of the molecule is C=C1CC[C@H]2[C@@H](/C=C(\C)C(=O)[C@@]3(O)C[C@H](C)[C@H](O)[C@@H]3[C@H]1OC(=O)CC)C2(C)C. The van der Waals surface area contributed by atoms with Gasteiger partial charge in [-0.15, -0.1) is 0 Å². The van der Waals surface area contributed by atoms with Crippen molar-refractivity contribution >= 4 is 11.8 Å². The zero-order valence-electron chi connectivity index (χ0n) is 17.7. The van der Waals surface area contributed by atoms with E-state index in [-0.39, 0.29) is 35.9 Å². The molecule has 0 aliphatic heterocycles. The summed E-state index contributed by atoms with van der Waals surface area (Å²) in [6.07, 6.45) is 2.04. The molecule has 3 aliphatic carbocycles. The van der Waals surface area contributed by atoms with Crippen LogP contribution in [0, 0.1) is 29.1 Å². The lowest BCUT2D eigenvalue weighted by Gasteiger charge is -2.36. The third-order valence-electron chi connectivity index (χ3n) is 7.51. The molecule has 0 bridgehead atoms. The standard InChI is InChI=1S/C23H34O5/c1-7-17(24)28-20-12(2)8-9-15-16(22(15,5)6)10-13(3)21(26)23(27)11-14(4)19(25)18(20)23/h10,14-16,18-20,25,27H,2,7-9,11H2,1,3-6H3/b13-10+/t14-,15-,16+,18+,19-,20-,23+/m0/s1. The normalized spacial score (nSPS) is 44.6. The van der Waals surface area contributed by atoms with E-state index in [1.165, 1.54) is 0 Å². The Balaban J connectivity index is 2.08. The van der Waals surface area contributed by atoms with Crippen LogP contribution in [0.1, 0.15) is 60.3 Å². The lowest BCUT2D eigenvalue weighted by atomic mass is 9.77. The Morgan fingerprint density at radius 3 is 2.64 bits per heavy atom. The van der Waals surface area contributed by atoms with E-state index >= 15 is 0 Å². The summed E-state index contributed by atoms with van der Waals surface area (Å²) in [5, 5.41) is 22.4. The first-order chi connectivity index (χ1) is 12.9. The van der Waals surface area contributed by atoms with E-state index in [0.717, 1.165) is 6.42 Å². The predicted molar refractivity (Wildman–Crippen MR) is 106 cm³/mol. The molecule has 0 saturated heterocycles. The molecule has 0 spiro atoms. The van der Waals surface area contributed by atoms with Gasteiger partial charge < -0.3 is 14.9 Å². The number of ketones is 1. The first kappa shape index (κ1) is 21.3. The Hall–Kier alpha value is -1.46. The van der Waals surface area contributed by atoms with Crippen LogP contribution in [0.2, 0.25) is 0 Å². The van der Waals surface area contributed by atoms with Gasteiger partial charge >= 0.3 is 5.97 Å². The zero-order chi connectivity index (χ0) is 21.0. The second-order valence-electron chi connectivity index (χ2n) is 9.72. The van der Waals surface area contributed by atoms with E-state index in [0.29, 0.717) is 23.5 Å². The number of ether oxygens (including phenoxy) is 1. The maximum atomic E-state index is 13.4. The minimum absolute atomic E-state index is 0.0983. The third-order valence-corrected chi connectivity index (χ3v) is 7.51. The van der Waals surface area contributed by atoms with Crippen LogP contribution in [-0.2, 0) is 14.3 Å². The van der Waals surface area contributed by atoms with Gasteiger partial charge in [-0.05, 0) is 60.5 Å². The molecule has 7 atom stereocenters. The van der Waals surface area contributed by atoms with Crippen LogP contribution in [0.15, 0.2) is 23.8 Å². The average Bonchev–Trinajstić information content (AvgIpc) is 3.05. The summed E-state index contributed by atoms with van der Waals surface area (Å²) in [6, 6.07) is 0. The van der Waals surface area contributed by atoms with Crippen molar-refractivity contribution in [3.63, 3.8) is 0 Å².